The molecule has 0 N–H and O–H groups in total. The number of rotatable bonds is 1. The van der Waals surface area contributed by atoms with Crippen LogP contribution in [-0.4, -0.2) is 4.98 Å². The summed E-state index contributed by atoms with van der Waals surface area (Å²) in [6, 6.07) is 22.9. The maximum Gasteiger partial charge on any atom is 0.125 e. The Labute approximate surface area is 121 Å². The summed E-state index contributed by atoms with van der Waals surface area (Å²) in [6.45, 7) is 0. The molecule has 0 atom stereocenters. The van der Waals surface area contributed by atoms with E-state index < -0.39 is 0 Å². The molecule has 0 saturated heterocycles. The highest BCUT2D eigenvalue weighted by molar-refractivity contribution is 6.10. The largest absolute Gasteiger partial charge is 0.247 e. The minimum atomic E-state index is -0.260. The molecule has 0 aliphatic carbocycles. The van der Waals surface area contributed by atoms with Crippen LogP contribution in [0.25, 0.3) is 32.9 Å². The van der Waals surface area contributed by atoms with Crippen LogP contribution in [0.1, 0.15) is 0 Å². The molecule has 0 aliphatic heterocycles. The molecular weight excluding hydrogens is 261 g/mol. The summed E-state index contributed by atoms with van der Waals surface area (Å²) in [5.74, 6) is -0.260. The van der Waals surface area contributed by atoms with Gasteiger partial charge in [0.1, 0.15) is 5.82 Å². The molecule has 3 aromatic carbocycles. The summed E-state index contributed by atoms with van der Waals surface area (Å²) in [5.41, 5.74) is 2.62. The summed E-state index contributed by atoms with van der Waals surface area (Å²) < 4.78 is 13.5. The summed E-state index contributed by atoms with van der Waals surface area (Å²) in [6.07, 6.45) is 0. The molecule has 0 radical (unpaired) electrons. The van der Waals surface area contributed by atoms with Crippen molar-refractivity contribution in [3.8, 4) is 11.3 Å². The fraction of sp³-hybridized carbons (Fsp3) is 0. The molecule has 4 aromatic rings. The fourth-order valence-electron chi connectivity index (χ4n) is 2.75. The van der Waals surface area contributed by atoms with Gasteiger partial charge in [0.2, 0.25) is 0 Å². The lowest BCUT2D eigenvalue weighted by Gasteiger charge is -2.09. The first-order chi connectivity index (χ1) is 10.3. The van der Waals surface area contributed by atoms with Gasteiger partial charge in [-0.1, -0.05) is 54.6 Å². The first kappa shape index (κ1) is 12.0. The fourth-order valence-corrected chi connectivity index (χ4v) is 2.75. The van der Waals surface area contributed by atoms with Crippen LogP contribution in [0.15, 0.2) is 72.8 Å². The van der Waals surface area contributed by atoms with Crippen molar-refractivity contribution in [2.45, 2.75) is 0 Å². The minimum absolute atomic E-state index is 0.260. The van der Waals surface area contributed by atoms with Crippen LogP contribution < -0.4 is 0 Å². The van der Waals surface area contributed by atoms with E-state index in [4.69, 9.17) is 4.98 Å². The Morgan fingerprint density at radius 1 is 0.667 bits per heavy atom. The van der Waals surface area contributed by atoms with Gasteiger partial charge >= 0.3 is 0 Å². The third-order valence-electron chi connectivity index (χ3n) is 3.71. The van der Waals surface area contributed by atoms with E-state index in [1.165, 1.54) is 12.1 Å². The second-order valence-corrected chi connectivity index (χ2v) is 5.03. The lowest BCUT2D eigenvalue weighted by Crippen LogP contribution is -1.90. The van der Waals surface area contributed by atoms with Gasteiger partial charge in [0, 0.05) is 22.4 Å². The van der Waals surface area contributed by atoms with E-state index in [0.29, 0.717) is 5.52 Å². The van der Waals surface area contributed by atoms with Crippen LogP contribution in [0, 0.1) is 5.82 Å². The molecule has 0 fully saturated rings. The monoisotopic (exact) mass is 273 g/mol. The maximum atomic E-state index is 13.5. The predicted octanol–water partition coefficient (Wildman–Crippen LogP) is 5.19. The van der Waals surface area contributed by atoms with Crippen molar-refractivity contribution in [3.63, 3.8) is 0 Å². The van der Waals surface area contributed by atoms with Crippen LogP contribution in [0.3, 0.4) is 0 Å². The van der Waals surface area contributed by atoms with Crippen LogP contribution >= 0.6 is 0 Å². The molecule has 0 bridgehead atoms. The van der Waals surface area contributed by atoms with Crippen molar-refractivity contribution in [3.05, 3.63) is 78.6 Å². The van der Waals surface area contributed by atoms with Crippen molar-refractivity contribution in [2.24, 2.45) is 0 Å². The number of hydrogen-bond donors (Lipinski definition) is 0. The summed E-state index contributed by atoms with van der Waals surface area (Å²) >= 11 is 0. The highest BCUT2D eigenvalue weighted by atomic mass is 19.1. The highest BCUT2D eigenvalue weighted by Crippen LogP contribution is 2.32. The van der Waals surface area contributed by atoms with Crippen molar-refractivity contribution >= 4 is 21.7 Å². The number of hydrogen-bond acceptors (Lipinski definition) is 1. The van der Waals surface area contributed by atoms with Crippen LogP contribution in [0.4, 0.5) is 4.39 Å². The Balaban J connectivity index is 2.18. The number of fused-ring (bicyclic) bond motifs is 3. The van der Waals surface area contributed by atoms with Gasteiger partial charge in [0.05, 0.1) is 11.2 Å². The zero-order chi connectivity index (χ0) is 14.2. The summed E-state index contributed by atoms with van der Waals surface area (Å²) in [5, 5.41) is 3.16. The Morgan fingerprint density at radius 3 is 2.19 bits per heavy atom. The molecule has 4 rings (SSSR count). The number of benzene rings is 3. The van der Waals surface area contributed by atoms with E-state index in [-0.39, 0.29) is 5.82 Å². The van der Waals surface area contributed by atoms with Gasteiger partial charge in [-0.25, -0.2) is 9.37 Å². The average Bonchev–Trinajstić information content (AvgIpc) is 2.54. The van der Waals surface area contributed by atoms with Gasteiger partial charge in [-0.05, 0) is 17.5 Å². The Bertz CT molecular complexity index is 945. The minimum Gasteiger partial charge on any atom is -0.247 e. The Kier molecular flexibility index (Phi) is 2.68. The van der Waals surface area contributed by atoms with Crippen LogP contribution in [0.5, 0.6) is 0 Å². The first-order valence-electron chi connectivity index (χ1n) is 6.86. The van der Waals surface area contributed by atoms with E-state index >= 15 is 0 Å². The number of aromatic nitrogens is 1. The highest BCUT2D eigenvalue weighted by Gasteiger charge is 2.10. The number of halogens is 1. The quantitative estimate of drug-likeness (QED) is 0.435. The molecule has 1 aromatic heterocycles. The molecule has 1 heterocycles. The second-order valence-electron chi connectivity index (χ2n) is 5.03. The molecule has 100 valence electrons. The van der Waals surface area contributed by atoms with Crippen molar-refractivity contribution in [1.29, 1.82) is 0 Å². The van der Waals surface area contributed by atoms with Crippen LogP contribution in [0.2, 0.25) is 0 Å². The number of pyridine rings is 1. The Hall–Kier alpha value is -2.74. The molecule has 21 heavy (non-hydrogen) atoms. The van der Waals surface area contributed by atoms with E-state index in [1.54, 1.807) is 6.07 Å². The van der Waals surface area contributed by atoms with Gasteiger partial charge in [0.25, 0.3) is 0 Å². The van der Waals surface area contributed by atoms with Crippen molar-refractivity contribution in [2.75, 3.05) is 0 Å². The van der Waals surface area contributed by atoms with E-state index in [9.17, 15) is 4.39 Å². The number of nitrogens with zero attached hydrogens (tertiary/aromatic N) is 1. The summed E-state index contributed by atoms with van der Waals surface area (Å²) in [4.78, 5) is 4.69. The lowest BCUT2D eigenvalue weighted by molar-refractivity contribution is 0.629. The normalized spacial score (nSPS) is 11.1. The van der Waals surface area contributed by atoms with Gasteiger partial charge in [-0.2, -0.15) is 0 Å². The molecule has 0 saturated carbocycles. The zero-order valence-electron chi connectivity index (χ0n) is 11.3. The predicted molar refractivity (Wildman–Crippen MR) is 84.6 cm³/mol. The third-order valence-corrected chi connectivity index (χ3v) is 3.71. The van der Waals surface area contributed by atoms with Gasteiger partial charge in [0.15, 0.2) is 0 Å². The molecule has 0 aliphatic rings. The van der Waals surface area contributed by atoms with Gasteiger partial charge in [-0.3, -0.25) is 0 Å². The van der Waals surface area contributed by atoms with Crippen LogP contribution in [-0.2, 0) is 0 Å². The first-order valence-corrected chi connectivity index (χ1v) is 6.86. The smallest absolute Gasteiger partial charge is 0.125 e. The molecule has 0 spiro atoms. The van der Waals surface area contributed by atoms with Gasteiger partial charge < -0.3 is 0 Å². The van der Waals surface area contributed by atoms with Crippen molar-refractivity contribution < 1.29 is 4.39 Å². The second kappa shape index (κ2) is 4.67. The molecule has 2 heteroatoms. The van der Waals surface area contributed by atoms with Gasteiger partial charge in [-0.15, -0.1) is 0 Å². The van der Waals surface area contributed by atoms with E-state index in [0.717, 1.165) is 27.4 Å². The molecular formula is C19H12FN. The summed E-state index contributed by atoms with van der Waals surface area (Å²) in [7, 11) is 0. The Morgan fingerprint density at radius 2 is 1.38 bits per heavy atom. The molecule has 0 amide bonds. The third kappa shape index (κ3) is 1.96. The van der Waals surface area contributed by atoms with E-state index in [2.05, 4.69) is 12.1 Å². The standard InChI is InChI=1S/C19H12FN/c20-14-10-11-16-15-8-4-5-9-17(15)19(21-18(16)12-14)13-6-2-1-3-7-13/h1-12H. The molecule has 0 unspecified atom stereocenters. The molecule has 1 nitrogen and oxygen atoms in total. The lowest BCUT2D eigenvalue weighted by atomic mass is 10.00. The van der Waals surface area contributed by atoms with Crippen molar-refractivity contribution in [1.82, 2.24) is 4.98 Å². The van der Waals surface area contributed by atoms with E-state index in [1.807, 2.05) is 42.5 Å². The average molecular weight is 273 g/mol. The SMILES string of the molecule is Fc1ccc2c(c1)nc(-c1ccccc1)c1ccccc12. The zero-order valence-corrected chi connectivity index (χ0v) is 11.3. The maximum absolute atomic E-state index is 13.5. The topological polar surface area (TPSA) is 12.9 Å².